The second-order valence-corrected chi connectivity index (χ2v) is 10.6. The Kier molecular flexibility index (Phi) is 8.39. The summed E-state index contributed by atoms with van der Waals surface area (Å²) in [5.41, 5.74) is 2.69. The number of hydrogen-bond donors (Lipinski definition) is 3. The van der Waals surface area contributed by atoms with Gasteiger partial charge in [-0.25, -0.2) is 14.4 Å². The molecule has 5 rings (SSSR count). The lowest BCUT2D eigenvalue weighted by molar-refractivity contribution is -0.126. The van der Waals surface area contributed by atoms with Crippen LogP contribution in [0.1, 0.15) is 47.3 Å². The average Bonchev–Trinajstić information content (AvgIpc) is 3.28. The van der Waals surface area contributed by atoms with E-state index < -0.39 is 30.4 Å². The fourth-order valence-corrected chi connectivity index (χ4v) is 5.25. The summed E-state index contributed by atoms with van der Waals surface area (Å²) in [6.45, 7) is 1.37. The minimum absolute atomic E-state index is 0.213. The lowest BCUT2D eigenvalue weighted by atomic mass is 9.89. The lowest BCUT2D eigenvalue weighted by Crippen LogP contribution is -2.46. The first kappa shape index (κ1) is 28.7. The quantitative estimate of drug-likeness (QED) is 0.330. The highest BCUT2D eigenvalue weighted by molar-refractivity contribution is 6.33. The number of rotatable bonds is 10. The van der Waals surface area contributed by atoms with Crippen LogP contribution < -0.4 is 15.4 Å². The van der Waals surface area contributed by atoms with E-state index in [1.54, 1.807) is 20.1 Å². The largest absolute Gasteiger partial charge is 0.497 e. The number of nitrogens with zero attached hydrogens (tertiary/aromatic N) is 3. The Labute approximate surface area is 241 Å². The number of aromatic nitrogens is 2. The Morgan fingerprint density at radius 1 is 1.24 bits per heavy atom. The predicted molar refractivity (Wildman–Crippen MR) is 150 cm³/mol. The van der Waals surface area contributed by atoms with E-state index in [2.05, 4.69) is 20.6 Å². The van der Waals surface area contributed by atoms with Gasteiger partial charge in [0, 0.05) is 36.9 Å². The van der Waals surface area contributed by atoms with Crippen molar-refractivity contribution in [1.29, 1.82) is 0 Å². The molecule has 0 saturated heterocycles. The minimum atomic E-state index is -0.885. The van der Waals surface area contributed by atoms with Crippen LogP contribution in [0.3, 0.4) is 0 Å². The molecule has 2 heterocycles. The molecule has 2 aliphatic rings. The van der Waals surface area contributed by atoms with E-state index in [1.807, 2.05) is 12.1 Å². The van der Waals surface area contributed by atoms with Crippen molar-refractivity contribution in [2.45, 2.75) is 50.5 Å². The molecule has 2 amide bonds. The first-order valence-corrected chi connectivity index (χ1v) is 13.6. The number of aliphatic hydroxyl groups is 1. The monoisotopic (exact) mass is 583 g/mol. The molecule has 1 saturated carbocycles. The van der Waals surface area contributed by atoms with Crippen LogP contribution in [0.5, 0.6) is 5.75 Å². The molecule has 0 spiro atoms. The maximum atomic E-state index is 14.0. The Morgan fingerprint density at radius 2 is 2.02 bits per heavy atom. The molecule has 3 N–H and O–H groups in total. The maximum Gasteiger partial charge on any atom is 0.255 e. The Morgan fingerprint density at radius 3 is 2.73 bits per heavy atom. The second-order valence-electron chi connectivity index (χ2n) is 10.2. The van der Waals surface area contributed by atoms with Gasteiger partial charge in [-0.15, -0.1) is 0 Å². The Hall–Kier alpha value is -3.80. The van der Waals surface area contributed by atoms with E-state index in [4.69, 9.17) is 21.1 Å². The third-order valence-electron chi connectivity index (χ3n) is 7.60. The number of amides is 2. The number of aliphatic hydroxyl groups excluding tert-OH is 1. The molecule has 3 aromatic rings. The van der Waals surface area contributed by atoms with Gasteiger partial charge >= 0.3 is 0 Å². The van der Waals surface area contributed by atoms with Gasteiger partial charge in [0.1, 0.15) is 17.6 Å². The highest BCUT2D eigenvalue weighted by atomic mass is 35.5. The van der Waals surface area contributed by atoms with Crippen molar-refractivity contribution in [2.24, 2.45) is 0 Å². The highest BCUT2D eigenvalue weighted by Gasteiger charge is 2.35. The molecule has 2 unspecified atom stereocenters. The van der Waals surface area contributed by atoms with E-state index >= 15 is 0 Å². The number of halogens is 2. The molecule has 10 nitrogen and oxygen atoms in total. The molecule has 2 aromatic carbocycles. The number of fused-ring (bicyclic) bond motifs is 1. The van der Waals surface area contributed by atoms with Gasteiger partial charge in [-0.05, 0) is 49.1 Å². The van der Waals surface area contributed by atoms with Crippen LogP contribution in [-0.4, -0.2) is 70.8 Å². The molecule has 2 atom stereocenters. The van der Waals surface area contributed by atoms with Crippen LogP contribution in [0.4, 0.5) is 10.3 Å². The number of nitrogens with one attached hydrogen (secondary N) is 2. The van der Waals surface area contributed by atoms with Crippen molar-refractivity contribution < 1.29 is 28.6 Å². The van der Waals surface area contributed by atoms with Crippen molar-refractivity contribution >= 4 is 29.4 Å². The maximum absolute atomic E-state index is 14.0. The Balaban J connectivity index is 1.30. The first-order valence-electron chi connectivity index (χ1n) is 13.2. The molecular formula is C29H31ClFN5O5. The number of anilines is 1. The third kappa shape index (κ3) is 5.97. The zero-order valence-electron chi connectivity index (χ0n) is 22.9. The number of benzene rings is 2. The highest BCUT2D eigenvalue weighted by Crippen LogP contribution is 2.33. The molecule has 1 aliphatic heterocycles. The molecule has 1 aromatic heterocycles. The van der Waals surface area contributed by atoms with Gasteiger partial charge in [-0.2, -0.15) is 0 Å². The standard InChI is InChI=1S/C29H31ClFN5O5/c1-15(27(38)34-25(14-37)18-6-19(31)9-21(7-18)40-2)36-13-17-5-4-16(8-23(17)28(36)39)26-24(30)12-32-29(35-26)33-20-10-22(11-20)41-3/h4-9,12,15,20,22,25,37H,10-11,13-14H2,1-3H3,(H,34,38)(H,32,33,35)/t15?,20-,22+,25?. The van der Waals surface area contributed by atoms with E-state index in [9.17, 15) is 19.1 Å². The fraction of sp³-hybridized carbons (Fsp3) is 0.379. The van der Waals surface area contributed by atoms with Crippen LogP contribution in [0, 0.1) is 5.82 Å². The van der Waals surface area contributed by atoms with Crippen molar-refractivity contribution in [2.75, 3.05) is 26.1 Å². The average molecular weight is 584 g/mol. The van der Waals surface area contributed by atoms with Crippen LogP contribution >= 0.6 is 11.6 Å². The van der Waals surface area contributed by atoms with Crippen LogP contribution in [0.25, 0.3) is 11.3 Å². The van der Waals surface area contributed by atoms with Crippen molar-refractivity contribution in [1.82, 2.24) is 20.2 Å². The SMILES string of the molecule is COc1cc(F)cc(C(CO)NC(=O)C(C)N2Cc3ccc(-c4nc(N[C@H]5C[C@@H](OC)C5)ncc4Cl)cc3C2=O)c1. The normalized spacial score (nSPS) is 19.3. The van der Waals surface area contributed by atoms with Crippen LogP contribution in [0.15, 0.2) is 42.6 Å². The van der Waals surface area contributed by atoms with Gasteiger partial charge in [0.25, 0.3) is 5.91 Å². The molecular weight excluding hydrogens is 553 g/mol. The summed E-state index contributed by atoms with van der Waals surface area (Å²) in [6, 6.07) is 7.80. The van der Waals surface area contributed by atoms with E-state index in [-0.39, 0.29) is 30.3 Å². The van der Waals surface area contributed by atoms with Crippen molar-refractivity contribution in [3.05, 3.63) is 70.1 Å². The van der Waals surface area contributed by atoms with Crippen molar-refractivity contribution in [3.8, 4) is 17.0 Å². The number of hydrogen-bond acceptors (Lipinski definition) is 8. The molecule has 1 aliphatic carbocycles. The van der Waals surface area contributed by atoms with Crippen molar-refractivity contribution in [3.63, 3.8) is 0 Å². The van der Waals surface area contributed by atoms with Gasteiger partial charge in [-0.1, -0.05) is 23.7 Å². The number of methoxy groups -OCH3 is 2. The lowest BCUT2D eigenvalue weighted by Gasteiger charge is -2.34. The zero-order chi connectivity index (χ0) is 29.3. The fourth-order valence-electron chi connectivity index (χ4n) is 5.05. The molecule has 0 bridgehead atoms. The molecule has 0 radical (unpaired) electrons. The van der Waals surface area contributed by atoms with E-state index in [0.717, 1.165) is 18.4 Å². The summed E-state index contributed by atoms with van der Waals surface area (Å²) in [5, 5.41) is 16.3. The van der Waals surface area contributed by atoms with Crippen LogP contribution in [0.2, 0.25) is 5.02 Å². The summed E-state index contributed by atoms with van der Waals surface area (Å²) in [5.74, 6) is -0.667. The van der Waals surface area contributed by atoms with Gasteiger partial charge in [-0.3, -0.25) is 9.59 Å². The molecule has 41 heavy (non-hydrogen) atoms. The third-order valence-corrected chi connectivity index (χ3v) is 7.88. The summed E-state index contributed by atoms with van der Waals surface area (Å²) in [6.07, 6.45) is 3.48. The topological polar surface area (TPSA) is 126 Å². The molecule has 1 fully saturated rings. The zero-order valence-corrected chi connectivity index (χ0v) is 23.6. The smallest absolute Gasteiger partial charge is 0.255 e. The summed E-state index contributed by atoms with van der Waals surface area (Å²) in [7, 11) is 3.09. The molecule has 216 valence electrons. The summed E-state index contributed by atoms with van der Waals surface area (Å²) >= 11 is 6.44. The van der Waals surface area contributed by atoms with Gasteiger partial charge in [0.15, 0.2) is 0 Å². The summed E-state index contributed by atoms with van der Waals surface area (Å²) in [4.78, 5) is 36.9. The van der Waals surface area contributed by atoms with Gasteiger partial charge in [0.2, 0.25) is 11.9 Å². The number of ether oxygens (including phenoxy) is 2. The number of carbonyl (C=O) groups excluding carboxylic acids is 2. The first-order chi connectivity index (χ1) is 19.7. The summed E-state index contributed by atoms with van der Waals surface area (Å²) < 4.78 is 24.4. The minimum Gasteiger partial charge on any atom is -0.497 e. The van der Waals surface area contributed by atoms with E-state index in [1.165, 1.54) is 36.4 Å². The predicted octanol–water partition coefficient (Wildman–Crippen LogP) is 3.73. The van der Waals surface area contributed by atoms with Gasteiger partial charge in [0.05, 0.1) is 42.8 Å². The second kappa shape index (κ2) is 12.0. The van der Waals surface area contributed by atoms with Gasteiger partial charge < -0.3 is 30.1 Å². The molecule has 12 heteroatoms. The number of carbonyl (C=O) groups is 2. The Bertz CT molecular complexity index is 1470. The van der Waals surface area contributed by atoms with Crippen LogP contribution in [-0.2, 0) is 16.1 Å². The van der Waals surface area contributed by atoms with E-state index in [0.29, 0.717) is 33.4 Å².